The van der Waals surface area contributed by atoms with Gasteiger partial charge in [-0.2, -0.15) is 0 Å². The van der Waals surface area contributed by atoms with Crippen LogP contribution in [-0.2, 0) is 13.0 Å². The number of hydrogen-bond donors (Lipinski definition) is 2. The molecule has 1 aliphatic carbocycles. The molecule has 150 valence electrons. The normalized spacial score (nSPS) is 25.1. The summed E-state index contributed by atoms with van der Waals surface area (Å²) in [5, 5.41) is 9.38. The van der Waals surface area contributed by atoms with Crippen LogP contribution in [0.1, 0.15) is 49.5 Å². The second-order valence-corrected chi connectivity index (χ2v) is 9.22. The van der Waals surface area contributed by atoms with Gasteiger partial charge in [-0.15, -0.1) is 11.3 Å². The second kappa shape index (κ2) is 9.39. The van der Waals surface area contributed by atoms with E-state index in [0.29, 0.717) is 6.04 Å². The zero-order valence-corrected chi connectivity index (χ0v) is 17.6. The Balaban J connectivity index is 1.24. The molecule has 1 saturated heterocycles. The van der Waals surface area contributed by atoms with Crippen molar-refractivity contribution in [1.29, 1.82) is 0 Å². The Kier molecular flexibility index (Phi) is 6.69. The smallest absolute Gasteiger partial charge is 0.191 e. The van der Waals surface area contributed by atoms with Gasteiger partial charge in [0.15, 0.2) is 5.96 Å². The van der Waals surface area contributed by atoms with E-state index in [1.165, 1.54) is 63.7 Å². The number of nitrogens with one attached hydrogen (secondary N) is 2. The Bertz CT molecular complexity index is 622. The number of aliphatic imine (C=N–C) groups is 1. The summed E-state index contributed by atoms with van der Waals surface area (Å²) in [5.41, 5.74) is 1.53. The maximum atomic E-state index is 4.87. The van der Waals surface area contributed by atoms with Crippen molar-refractivity contribution in [2.45, 2.75) is 64.1 Å². The van der Waals surface area contributed by atoms with Crippen LogP contribution < -0.4 is 10.6 Å². The monoisotopic (exact) mass is 389 g/mol. The average molecular weight is 390 g/mol. The second-order valence-electron chi connectivity index (χ2n) is 8.22. The van der Waals surface area contributed by atoms with E-state index in [4.69, 9.17) is 4.99 Å². The van der Waals surface area contributed by atoms with Gasteiger partial charge in [0.2, 0.25) is 0 Å². The highest BCUT2D eigenvalue weighted by Crippen LogP contribution is 2.26. The van der Waals surface area contributed by atoms with Crippen LogP contribution in [0, 0.1) is 0 Å². The third-order valence-corrected chi connectivity index (χ3v) is 7.34. The van der Waals surface area contributed by atoms with Crippen LogP contribution in [-0.4, -0.2) is 67.1 Å². The number of likely N-dealkylation sites (tertiary alicyclic amines) is 1. The lowest BCUT2D eigenvalue weighted by Gasteiger charge is -2.26. The first-order valence-corrected chi connectivity index (χ1v) is 11.8. The molecule has 1 unspecified atom stereocenters. The number of fused-ring (bicyclic) bond motifs is 1. The molecular formula is C21H35N5S. The van der Waals surface area contributed by atoms with Crippen LogP contribution in [0.5, 0.6) is 0 Å². The molecule has 5 nitrogen and oxygen atoms in total. The number of nitrogens with zero attached hydrogens (tertiary/aromatic N) is 3. The summed E-state index contributed by atoms with van der Waals surface area (Å²) >= 11 is 1.91. The molecule has 1 atom stereocenters. The molecule has 0 amide bonds. The Labute approximate surface area is 168 Å². The van der Waals surface area contributed by atoms with E-state index >= 15 is 0 Å². The minimum absolute atomic E-state index is 0.548. The van der Waals surface area contributed by atoms with Gasteiger partial charge in [0.1, 0.15) is 0 Å². The summed E-state index contributed by atoms with van der Waals surface area (Å²) in [6, 6.07) is 3.68. The molecule has 3 aliphatic rings. The molecule has 2 N–H and O–H groups in total. The van der Waals surface area contributed by atoms with Crippen molar-refractivity contribution in [2.24, 2.45) is 4.99 Å². The fourth-order valence-electron chi connectivity index (χ4n) is 4.82. The van der Waals surface area contributed by atoms with Crippen molar-refractivity contribution >= 4 is 17.3 Å². The quantitative estimate of drug-likeness (QED) is 0.580. The molecular weight excluding hydrogens is 354 g/mol. The van der Waals surface area contributed by atoms with Gasteiger partial charge >= 0.3 is 0 Å². The summed E-state index contributed by atoms with van der Waals surface area (Å²) in [5.74, 6) is 1.00. The van der Waals surface area contributed by atoms with E-state index in [2.05, 4.69) is 38.8 Å². The van der Waals surface area contributed by atoms with Gasteiger partial charge in [-0.25, -0.2) is 0 Å². The summed E-state index contributed by atoms with van der Waals surface area (Å²) < 4.78 is 0. The van der Waals surface area contributed by atoms with Crippen LogP contribution in [0.25, 0.3) is 0 Å². The van der Waals surface area contributed by atoms with Gasteiger partial charge in [0, 0.05) is 56.2 Å². The van der Waals surface area contributed by atoms with Crippen LogP contribution in [0.2, 0.25) is 0 Å². The average Bonchev–Trinajstić information content (AvgIpc) is 3.42. The van der Waals surface area contributed by atoms with E-state index in [0.717, 1.165) is 38.2 Å². The Morgan fingerprint density at radius 3 is 3.00 bits per heavy atom. The van der Waals surface area contributed by atoms with Crippen LogP contribution in [0.15, 0.2) is 16.4 Å². The van der Waals surface area contributed by atoms with Gasteiger partial charge in [-0.1, -0.05) is 12.8 Å². The summed E-state index contributed by atoms with van der Waals surface area (Å²) in [7, 11) is 0. The van der Waals surface area contributed by atoms with Gasteiger partial charge in [-0.05, 0) is 49.6 Å². The van der Waals surface area contributed by atoms with E-state index < -0.39 is 0 Å². The Morgan fingerprint density at radius 2 is 2.15 bits per heavy atom. The largest absolute Gasteiger partial charge is 0.357 e. The topological polar surface area (TPSA) is 42.9 Å². The Morgan fingerprint density at radius 1 is 1.26 bits per heavy atom. The molecule has 27 heavy (non-hydrogen) atoms. The van der Waals surface area contributed by atoms with Crippen molar-refractivity contribution < 1.29 is 0 Å². The number of hydrogen-bond acceptors (Lipinski definition) is 4. The fourth-order valence-corrected chi connectivity index (χ4v) is 5.71. The lowest BCUT2D eigenvalue weighted by molar-refractivity contribution is 0.242. The number of guanidine groups is 1. The molecule has 4 rings (SSSR count). The summed E-state index contributed by atoms with van der Waals surface area (Å²) in [6.07, 6.45) is 8.10. The van der Waals surface area contributed by atoms with Crippen molar-refractivity contribution in [2.75, 3.05) is 39.3 Å². The predicted octanol–water partition coefficient (Wildman–Crippen LogP) is 2.68. The first-order valence-electron chi connectivity index (χ1n) is 10.9. The highest BCUT2D eigenvalue weighted by atomic mass is 32.1. The molecule has 0 radical (unpaired) electrons. The fraction of sp³-hybridized carbons (Fsp3) is 0.762. The van der Waals surface area contributed by atoms with E-state index in [1.807, 2.05) is 11.3 Å². The molecule has 1 saturated carbocycles. The maximum Gasteiger partial charge on any atom is 0.191 e. The zero-order valence-electron chi connectivity index (χ0n) is 16.8. The molecule has 1 aromatic rings. The molecule has 2 aliphatic heterocycles. The molecule has 3 heterocycles. The maximum absolute atomic E-state index is 4.87. The van der Waals surface area contributed by atoms with E-state index in [1.54, 1.807) is 4.88 Å². The molecule has 6 heteroatoms. The minimum atomic E-state index is 0.548. The Hall–Kier alpha value is -1.11. The molecule has 0 bridgehead atoms. The first-order chi connectivity index (χ1) is 13.3. The highest BCUT2D eigenvalue weighted by molar-refractivity contribution is 7.10. The molecule has 1 aromatic heterocycles. The van der Waals surface area contributed by atoms with E-state index in [9.17, 15) is 0 Å². The van der Waals surface area contributed by atoms with Crippen molar-refractivity contribution in [3.8, 4) is 0 Å². The molecule has 0 spiro atoms. The van der Waals surface area contributed by atoms with Crippen LogP contribution in [0.4, 0.5) is 0 Å². The van der Waals surface area contributed by atoms with Gasteiger partial charge < -0.3 is 10.6 Å². The predicted molar refractivity (Wildman–Crippen MR) is 115 cm³/mol. The van der Waals surface area contributed by atoms with Crippen molar-refractivity contribution in [3.05, 3.63) is 21.9 Å². The van der Waals surface area contributed by atoms with Crippen LogP contribution >= 0.6 is 11.3 Å². The first kappa shape index (κ1) is 19.2. The lowest BCUT2D eigenvalue weighted by atomic mass is 10.1. The van der Waals surface area contributed by atoms with E-state index in [-0.39, 0.29) is 0 Å². The van der Waals surface area contributed by atoms with Gasteiger partial charge in [0.25, 0.3) is 0 Å². The SMILES string of the molecule is CCNC(=NCCN1CCc2sccc2C1)NC1CCN(C2CCCC2)C1. The summed E-state index contributed by atoms with van der Waals surface area (Å²) in [6.45, 7) is 9.69. The lowest BCUT2D eigenvalue weighted by Crippen LogP contribution is -2.45. The van der Waals surface area contributed by atoms with Gasteiger partial charge in [0.05, 0.1) is 6.54 Å². The van der Waals surface area contributed by atoms with Crippen molar-refractivity contribution in [3.63, 3.8) is 0 Å². The third kappa shape index (κ3) is 5.04. The number of thiophene rings is 1. The van der Waals surface area contributed by atoms with Crippen LogP contribution in [0.3, 0.4) is 0 Å². The third-order valence-electron chi connectivity index (χ3n) is 6.32. The summed E-state index contributed by atoms with van der Waals surface area (Å²) in [4.78, 5) is 11.7. The molecule has 0 aromatic carbocycles. The highest BCUT2D eigenvalue weighted by Gasteiger charge is 2.30. The molecule has 2 fully saturated rings. The standard InChI is InChI=1S/C21H35N5S/c1-2-22-21(24-18-7-12-26(16-18)19-5-3-4-6-19)23-10-13-25-11-8-20-17(15-25)9-14-27-20/h9,14,18-19H,2-8,10-13,15-16H2,1H3,(H2,22,23,24). The number of rotatable bonds is 6. The van der Waals surface area contributed by atoms with Gasteiger partial charge in [-0.3, -0.25) is 14.8 Å². The van der Waals surface area contributed by atoms with Crippen molar-refractivity contribution in [1.82, 2.24) is 20.4 Å². The zero-order chi connectivity index (χ0) is 18.5. The minimum Gasteiger partial charge on any atom is -0.357 e.